The van der Waals surface area contributed by atoms with Gasteiger partial charge in [-0.2, -0.15) is 0 Å². The van der Waals surface area contributed by atoms with Crippen molar-refractivity contribution in [2.45, 2.75) is 65.6 Å². The Kier molecular flexibility index (Phi) is 8.34. The van der Waals surface area contributed by atoms with Gasteiger partial charge in [-0.3, -0.25) is 9.59 Å². The minimum Gasteiger partial charge on any atom is -0.350 e. The van der Waals surface area contributed by atoms with Crippen molar-refractivity contribution in [1.82, 2.24) is 10.2 Å². The van der Waals surface area contributed by atoms with Crippen molar-refractivity contribution in [2.24, 2.45) is 0 Å². The van der Waals surface area contributed by atoms with E-state index in [4.69, 9.17) is 23.2 Å². The van der Waals surface area contributed by atoms with E-state index in [0.717, 1.165) is 11.1 Å². The van der Waals surface area contributed by atoms with Gasteiger partial charge >= 0.3 is 0 Å². The van der Waals surface area contributed by atoms with E-state index in [1.54, 1.807) is 23.1 Å². The lowest BCUT2D eigenvalue weighted by atomic mass is 10.0. The maximum atomic E-state index is 13.3. The fourth-order valence-corrected chi connectivity index (χ4v) is 3.67. The average Bonchev–Trinajstić information content (AvgIpc) is 2.64. The SMILES string of the molecule is CC[C@H](C(=O)NC(C)(C)C)N(Cc1ccc(C)cc1)C(=O)Cc1ccc(Cl)cc1Cl. The molecule has 0 spiro atoms. The molecule has 4 nitrogen and oxygen atoms in total. The Bertz CT molecular complexity index is 889. The molecular weight excluding hydrogens is 419 g/mol. The number of hydrogen-bond acceptors (Lipinski definition) is 2. The predicted octanol–water partition coefficient (Wildman–Crippen LogP) is 5.57. The Hall–Kier alpha value is -2.04. The van der Waals surface area contributed by atoms with Crippen molar-refractivity contribution in [2.75, 3.05) is 0 Å². The lowest BCUT2D eigenvalue weighted by molar-refractivity contribution is -0.141. The summed E-state index contributed by atoms with van der Waals surface area (Å²) in [6.07, 6.45) is 0.606. The van der Waals surface area contributed by atoms with Gasteiger partial charge in [0.2, 0.25) is 11.8 Å². The van der Waals surface area contributed by atoms with Gasteiger partial charge in [-0.1, -0.05) is 66.0 Å². The van der Waals surface area contributed by atoms with E-state index in [-0.39, 0.29) is 23.8 Å². The van der Waals surface area contributed by atoms with Crippen LogP contribution in [-0.4, -0.2) is 28.3 Å². The fraction of sp³-hybridized carbons (Fsp3) is 0.417. The molecule has 0 bridgehead atoms. The first-order valence-electron chi connectivity index (χ1n) is 10.1. The molecule has 0 aliphatic rings. The van der Waals surface area contributed by atoms with E-state index in [0.29, 0.717) is 28.6 Å². The summed E-state index contributed by atoms with van der Waals surface area (Å²) >= 11 is 12.3. The Morgan fingerprint density at radius 2 is 1.70 bits per heavy atom. The lowest BCUT2D eigenvalue weighted by Crippen LogP contribution is -2.53. The van der Waals surface area contributed by atoms with E-state index in [1.807, 2.05) is 58.9 Å². The topological polar surface area (TPSA) is 49.4 Å². The van der Waals surface area contributed by atoms with Crippen molar-refractivity contribution >= 4 is 35.0 Å². The molecule has 2 aromatic carbocycles. The number of nitrogens with one attached hydrogen (secondary N) is 1. The maximum absolute atomic E-state index is 13.3. The first-order valence-corrected chi connectivity index (χ1v) is 10.9. The second-order valence-corrected chi connectivity index (χ2v) is 9.43. The first kappa shape index (κ1) is 24.2. The summed E-state index contributed by atoms with van der Waals surface area (Å²) in [6.45, 7) is 10.1. The van der Waals surface area contributed by atoms with Crippen molar-refractivity contribution in [3.05, 3.63) is 69.2 Å². The van der Waals surface area contributed by atoms with Gasteiger partial charge in [0.05, 0.1) is 6.42 Å². The van der Waals surface area contributed by atoms with Gasteiger partial charge in [-0.15, -0.1) is 0 Å². The molecule has 0 saturated heterocycles. The summed E-state index contributed by atoms with van der Waals surface area (Å²) in [7, 11) is 0. The monoisotopic (exact) mass is 448 g/mol. The van der Waals surface area contributed by atoms with Crippen LogP contribution >= 0.6 is 23.2 Å². The van der Waals surface area contributed by atoms with Crippen LogP contribution in [-0.2, 0) is 22.6 Å². The molecule has 0 heterocycles. The summed E-state index contributed by atoms with van der Waals surface area (Å²) < 4.78 is 0. The normalized spacial score (nSPS) is 12.4. The van der Waals surface area contributed by atoms with Crippen molar-refractivity contribution in [1.29, 1.82) is 0 Å². The van der Waals surface area contributed by atoms with Crippen LogP contribution in [0.4, 0.5) is 0 Å². The predicted molar refractivity (Wildman–Crippen MR) is 124 cm³/mol. The third kappa shape index (κ3) is 7.03. The van der Waals surface area contributed by atoms with E-state index < -0.39 is 6.04 Å². The molecule has 0 aliphatic carbocycles. The first-order chi connectivity index (χ1) is 14.0. The largest absolute Gasteiger partial charge is 0.350 e. The number of nitrogens with zero attached hydrogens (tertiary/aromatic N) is 1. The summed E-state index contributed by atoms with van der Waals surface area (Å²) in [5.41, 5.74) is 2.41. The van der Waals surface area contributed by atoms with Crippen LogP contribution in [0.3, 0.4) is 0 Å². The summed E-state index contributed by atoms with van der Waals surface area (Å²) in [6, 6.07) is 12.5. The van der Waals surface area contributed by atoms with Crippen LogP contribution in [0.5, 0.6) is 0 Å². The van der Waals surface area contributed by atoms with E-state index in [9.17, 15) is 9.59 Å². The fourth-order valence-electron chi connectivity index (χ4n) is 3.19. The van der Waals surface area contributed by atoms with Crippen LogP contribution in [0.25, 0.3) is 0 Å². The Morgan fingerprint density at radius 1 is 1.07 bits per heavy atom. The third-order valence-electron chi connectivity index (χ3n) is 4.71. The number of carbonyl (C=O) groups is 2. The Labute approximate surface area is 189 Å². The van der Waals surface area contributed by atoms with Crippen LogP contribution < -0.4 is 5.32 Å². The van der Waals surface area contributed by atoms with Crippen molar-refractivity contribution < 1.29 is 9.59 Å². The molecule has 0 fully saturated rings. The summed E-state index contributed by atoms with van der Waals surface area (Å²) in [5.74, 6) is -0.316. The van der Waals surface area contributed by atoms with Crippen molar-refractivity contribution in [3.63, 3.8) is 0 Å². The second kappa shape index (κ2) is 10.3. The second-order valence-electron chi connectivity index (χ2n) is 8.58. The van der Waals surface area contributed by atoms with Crippen LogP contribution in [0.15, 0.2) is 42.5 Å². The number of halogens is 2. The molecule has 0 aliphatic heterocycles. The maximum Gasteiger partial charge on any atom is 0.243 e. The van der Waals surface area contributed by atoms with E-state index in [2.05, 4.69) is 5.32 Å². The molecule has 0 unspecified atom stereocenters. The van der Waals surface area contributed by atoms with Gasteiger partial charge in [0, 0.05) is 22.1 Å². The number of benzene rings is 2. The van der Waals surface area contributed by atoms with Crippen molar-refractivity contribution in [3.8, 4) is 0 Å². The highest BCUT2D eigenvalue weighted by Gasteiger charge is 2.30. The quantitative estimate of drug-likeness (QED) is 0.601. The number of carbonyl (C=O) groups excluding carboxylic acids is 2. The zero-order chi connectivity index (χ0) is 22.5. The number of aryl methyl sites for hydroxylation is 1. The number of rotatable bonds is 7. The lowest BCUT2D eigenvalue weighted by Gasteiger charge is -2.33. The van der Waals surface area contributed by atoms with Gasteiger partial charge < -0.3 is 10.2 Å². The van der Waals surface area contributed by atoms with Gasteiger partial charge in [-0.05, 0) is 57.4 Å². The Balaban J connectivity index is 2.33. The zero-order valence-corrected chi connectivity index (χ0v) is 19.8. The molecule has 1 N–H and O–H groups in total. The molecular formula is C24H30Cl2N2O2. The molecule has 0 aromatic heterocycles. The van der Waals surface area contributed by atoms with Gasteiger partial charge in [0.25, 0.3) is 0 Å². The van der Waals surface area contributed by atoms with Gasteiger partial charge in [-0.25, -0.2) is 0 Å². The summed E-state index contributed by atoms with van der Waals surface area (Å²) in [4.78, 5) is 28.0. The number of amides is 2. The van der Waals surface area contributed by atoms with Crippen LogP contribution in [0, 0.1) is 6.92 Å². The highest BCUT2D eigenvalue weighted by molar-refractivity contribution is 6.35. The molecule has 162 valence electrons. The van der Waals surface area contributed by atoms with Crippen LogP contribution in [0.2, 0.25) is 10.0 Å². The highest BCUT2D eigenvalue weighted by atomic mass is 35.5. The van der Waals surface area contributed by atoms with Crippen LogP contribution in [0.1, 0.15) is 50.8 Å². The molecule has 30 heavy (non-hydrogen) atoms. The standard InChI is InChI=1S/C24H30Cl2N2O2/c1-6-21(23(30)27-24(3,4)5)28(15-17-9-7-16(2)8-10-17)22(29)13-18-11-12-19(25)14-20(18)26/h7-12,14,21H,6,13,15H2,1-5H3,(H,27,30)/t21-/m1/s1. The minimum atomic E-state index is -0.580. The average molecular weight is 449 g/mol. The number of hydrogen-bond donors (Lipinski definition) is 1. The van der Waals surface area contributed by atoms with E-state index in [1.165, 1.54) is 0 Å². The molecule has 0 radical (unpaired) electrons. The van der Waals surface area contributed by atoms with E-state index >= 15 is 0 Å². The summed E-state index contributed by atoms with van der Waals surface area (Å²) in [5, 5.41) is 3.97. The molecule has 2 aromatic rings. The Morgan fingerprint density at radius 3 is 2.23 bits per heavy atom. The molecule has 6 heteroatoms. The van der Waals surface area contributed by atoms with Gasteiger partial charge in [0.1, 0.15) is 6.04 Å². The molecule has 2 rings (SSSR count). The minimum absolute atomic E-state index is 0.0984. The smallest absolute Gasteiger partial charge is 0.243 e. The molecule has 1 atom stereocenters. The zero-order valence-electron chi connectivity index (χ0n) is 18.3. The molecule has 0 saturated carbocycles. The van der Waals surface area contributed by atoms with Gasteiger partial charge in [0.15, 0.2) is 0 Å². The third-order valence-corrected chi connectivity index (χ3v) is 5.30. The molecule has 2 amide bonds. The highest BCUT2D eigenvalue weighted by Crippen LogP contribution is 2.23.